The predicted octanol–water partition coefficient (Wildman–Crippen LogP) is 1.62. The fraction of sp³-hybridized carbons (Fsp3) is 0.625. The van der Waals surface area contributed by atoms with E-state index < -0.39 is 0 Å². The first-order valence-electron chi connectivity index (χ1n) is 3.88. The van der Waals surface area contributed by atoms with E-state index in [-0.39, 0.29) is 12.1 Å². The van der Waals surface area contributed by atoms with E-state index in [1.54, 1.807) is 6.20 Å². The van der Waals surface area contributed by atoms with Gasteiger partial charge in [-0.25, -0.2) is 4.79 Å². The Hall–Kier alpha value is -0.990. The number of allylic oxidation sites excluding steroid dienone is 1. The van der Waals surface area contributed by atoms with E-state index in [0.717, 1.165) is 6.42 Å². The van der Waals surface area contributed by atoms with Crippen LogP contribution in [0.25, 0.3) is 0 Å². The highest BCUT2D eigenvalue weighted by atomic mass is 16.2. The average Bonchev–Trinajstić information content (AvgIpc) is 1.86. The molecule has 64 valence electrons. The van der Waals surface area contributed by atoms with Crippen LogP contribution in [0.3, 0.4) is 0 Å². The van der Waals surface area contributed by atoms with Gasteiger partial charge in [0.1, 0.15) is 0 Å². The molecule has 0 heterocycles. The van der Waals surface area contributed by atoms with Crippen molar-refractivity contribution in [1.29, 1.82) is 0 Å². The molecule has 0 fully saturated rings. The van der Waals surface area contributed by atoms with Gasteiger partial charge in [0.25, 0.3) is 0 Å². The molecule has 0 aromatic carbocycles. The Bertz CT molecular complexity index is 141. The van der Waals surface area contributed by atoms with Crippen molar-refractivity contribution in [3.8, 4) is 0 Å². The van der Waals surface area contributed by atoms with Gasteiger partial charge >= 0.3 is 6.03 Å². The first kappa shape index (κ1) is 10.0. The third-order valence-corrected chi connectivity index (χ3v) is 0.988. The molecule has 0 radical (unpaired) electrons. The van der Waals surface area contributed by atoms with Crippen LogP contribution in [-0.2, 0) is 0 Å². The summed E-state index contributed by atoms with van der Waals surface area (Å²) in [7, 11) is 0. The maximum Gasteiger partial charge on any atom is 0.318 e. The molecule has 0 spiro atoms. The normalized spacial score (nSPS) is 10.5. The highest BCUT2D eigenvalue weighted by Gasteiger charge is 1.97. The summed E-state index contributed by atoms with van der Waals surface area (Å²) in [5.41, 5.74) is 0. The van der Waals surface area contributed by atoms with Crippen molar-refractivity contribution in [1.82, 2.24) is 10.6 Å². The molecule has 0 saturated heterocycles. The fourth-order valence-electron chi connectivity index (χ4n) is 0.556. The predicted molar refractivity (Wildman–Crippen MR) is 46.2 cm³/mol. The molecule has 2 N–H and O–H groups in total. The van der Waals surface area contributed by atoms with Gasteiger partial charge in [0.05, 0.1) is 0 Å². The average molecular weight is 156 g/mol. The smallest absolute Gasteiger partial charge is 0.318 e. The minimum atomic E-state index is -0.148. The summed E-state index contributed by atoms with van der Waals surface area (Å²) < 4.78 is 0. The number of amides is 2. The van der Waals surface area contributed by atoms with Crippen molar-refractivity contribution in [3.05, 3.63) is 12.3 Å². The van der Waals surface area contributed by atoms with Crippen molar-refractivity contribution in [3.63, 3.8) is 0 Å². The molecule has 0 saturated carbocycles. The molecular formula is C8H16N2O. The molecule has 0 aliphatic rings. The van der Waals surface area contributed by atoms with Crippen LogP contribution in [0.1, 0.15) is 27.2 Å². The lowest BCUT2D eigenvalue weighted by atomic mass is 10.4. The molecule has 0 aromatic rings. The number of carbonyl (C=O) groups excluding carboxylic acids is 1. The number of carbonyl (C=O) groups is 1. The molecule has 0 aliphatic carbocycles. The largest absolute Gasteiger partial charge is 0.336 e. The Kier molecular flexibility index (Phi) is 5.25. The van der Waals surface area contributed by atoms with Gasteiger partial charge < -0.3 is 10.6 Å². The van der Waals surface area contributed by atoms with E-state index in [4.69, 9.17) is 0 Å². The first-order chi connectivity index (χ1) is 5.16. The molecule has 3 nitrogen and oxygen atoms in total. The van der Waals surface area contributed by atoms with Gasteiger partial charge in [0.2, 0.25) is 0 Å². The Morgan fingerprint density at radius 3 is 2.64 bits per heavy atom. The van der Waals surface area contributed by atoms with Gasteiger partial charge in [-0.05, 0) is 20.3 Å². The number of rotatable bonds is 3. The lowest BCUT2D eigenvalue weighted by Crippen LogP contribution is -2.36. The molecule has 2 amide bonds. The minimum Gasteiger partial charge on any atom is -0.336 e. The van der Waals surface area contributed by atoms with Crippen LogP contribution in [0.4, 0.5) is 4.79 Å². The number of urea groups is 1. The van der Waals surface area contributed by atoms with Gasteiger partial charge in [-0.1, -0.05) is 13.0 Å². The molecule has 3 heteroatoms. The summed E-state index contributed by atoms with van der Waals surface area (Å²) in [5.74, 6) is 0. The molecule has 0 aromatic heterocycles. The summed E-state index contributed by atoms with van der Waals surface area (Å²) in [6.45, 7) is 5.85. The lowest BCUT2D eigenvalue weighted by molar-refractivity contribution is 0.242. The summed E-state index contributed by atoms with van der Waals surface area (Å²) in [6, 6.07) is 0.0368. The van der Waals surface area contributed by atoms with E-state index in [9.17, 15) is 4.79 Å². The van der Waals surface area contributed by atoms with Crippen molar-refractivity contribution in [2.24, 2.45) is 0 Å². The third kappa shape index (κ3) is 6.90. The number of hydrogen-bond acceptors (Lipinski definition) is 1. The molecule has 0 aliphatic heterocycles. The Morgan fingerprint density at radius 1 is 1.55 bits per heavy atom. The minimum absolute atomic E-state index is 0.148. The van der Waals surface area contributed by atoms with E-state index in [2.05, 4.69) is 10.6 Å². The number of hydrogen-bond donors (Lipinski definition) is 2. The van der Waals surface area contributed by atoms with E-state index >= 15 is 0 Å². The highest BCUT2D eigenvalue weighted by Crippen LogP contribution is 1.78. The van der Waals surface area contributed by atoms with Crippen LogP contribution in [0.2, 0.25) is 0 Å². The van der Waals surface area contributed by atoms with Crippen LogP contribution in [0.15, 0.2) is 12.3 Å². The van der Waals surface area contributed by atoms with Gasteiger partial charge in [0, 0.05) is 12.2 Å². The summed E-state index contributed by atoms with van der Waals surface area (Å²) in [4.78, 5) is 10.9. The zero-order chi connectivity index (χ0) is 8.69. The van der Waals surface area contributed by atoms with Crippen LogP contribution < -0.4 is 10.6 Å². The van der Waals surface area contributed by atoms with Crippen molar-refractivity contribution in [2.45, 2.75) is 33.2 Å². The van der Waals surface area contributed by atoms with Crippen LogP contribution in [0, 0.1) is 0 Å². The van der Waals surface area contributed by atoms with E-state index in [1.165, 1.54) is 0 Å². The quantitative estimate of drug-likeness (QED) is 0.640. The van der Waals surface area contributed by atoms with Crippen molar-refractivity contribution in [2.75, 3.05) is 0 Å². The van der Waals surface area contributed by atoms with Crippen LogP contribution in [-0.4, -0.2) is 12.1 Å². The highest BCUT2D eigenvalue weighted by molar-refractivity contribution is 5.75. The SMILES string of the molecule is CC/C=C/NC(=O)NC(C)C. The fourth-order valence-corrected chi connectivity index (χ4v) is 0.556. The monoisotopic (exact) mass is 156 g/mol. The second-order valence-electron chi connectivity index (χ2n) is 2.58. The molecule has 0 unspecified atom stereocenters. The molecule has 0 atom stereocenters. The zero-order valence-electron chi connectivity index (χ0n) is 7.35. The van der Waals surface area contributed by atoms with Gasteiger partial charge in [-0.3, -0.25) is 0 Å². The summed E-state index contributed by atoms with van der Waals surface area (Å²) in [5, 5.41) is 5.28. The van der Waals surface area contributed by atoms with E-state index in [1.807, 2.05) is 26.8 Å². The van der Waals surface area contributed by atoms with Crippen LogP contribution in [0.5, 0.6) is 0 Å². The van der Waals surface area contributed by atoms with Gasteiger partial charge in [0.15, 0.2) is 0 Å². The lowest BCUT2D eigenvalue weighted by Gasteiger charge is -2.06. The summed E-state index contributed by atoms with van der Waals surface area (Å²) in [6.07, 6.45) is 4.47. The van der Waals surface area contributed by atoms with Crippen molar-refractivity contribution >= 4 is 6.03 Å². The molecule has 11 heavy (non-hydrogen) atoms. The Labute approximate surface area is 67.9 Å². The standard InChI is InChI=1S/C8H16N2O/c1-4-5-6-9-8(11)10-7(2)3/h5-7H,4H2,1-3H3,(H2,9,10,11)/b6-5+. The van der Waals surface area contributed by atoms with Gasteiger partial charge in [-0.2, -0.15) is 0 Å². The second-order valence-corrected chi connectivity index (χ2v) is 2.58. The Balaban J connectivity index is 3.45. The van der Waals surface area contributed by atoms with Gasteiger partial charge in [-0.15, -0.1) is 0 Å². The Morgan fingerprint density at radius 2 is 2.18 bits per heavy atom. The maximum absolute atomic E-state index is 10.9. The molecular weight excluding hydrogens is 140 g/mol. The summed E-state index contributed by atoms with van der Waals surface area (Å²) >= 11 is 0. The topological polar surface area (TPSA) is 41.1 Å². The molecule has 0 bridgehead atoms. The maximum atomic E-state index is 10.9. The first-order valence-corrected chi connectivity index (χ1v) is 3.88. The number of nitrogens with one attached hydrogen (secondary N) is 2. The van der Waals surface area contributed by atoms with Crippen molar-refractivity contribution < 1.29 is 4.79 Å². The third-order valence-electron chi connectivity index (χ3n) is 0.988. The zero-order valence-corrected chi connectivity index (χ0v) is 7.35. The van der Waals surface area contributed by atoms with E-state index in [0.29, 0.717) is 0 Å². The van der Waals surface area contributed by atoms with Crippen LogP contribution >= 0.6 is 0 Å². The molecule has 0 rings (SSSR count). The second kappa shape index (κ2) is 5.77.